The summed E-state index contributed by atoms with van der Waals surface area (Å²) in [5.74, 6) is -0.0776. The molecule has 0 saturated carbocycles. The summed E-state index contributed by atoms with van der Waals surface area (Å²) >= 11 is 4.46. The van der Waals surface area contributed by atoms with Crippen LogP contribution < -0.4 is 15.4 Å². The van der Waals surface area contributed by atoms with E-state index in [0.29, 0.717) is 20.1 Å². The fourth-order valence-electron chi connectivity index (χ4n) is 2.72. The van der Waals surface area contributed by atoms with Crippen molar-refractivity contribution < 1.29 is 5.11 Å². The van der Waals surface area contributed by atoms with Crippen molar-refractivity contribution in [2.45, 2.75) is 13.3 Å². The van der Waals surface area contributed by atoms with Crippen LogP contribution in [0, 0.1) is 0 Å². The van der Waals surface area contributed by atoms with Crippen LogP contribution in [0.4, 0.5) is 0 Å². The van der Waals surface area contributed by atoms with Gasteiger partial charge in [-0.2, -0.15) is 11.3 Å². The molecule has 0 aliphatic rings. The number of nitrogens with zero attached hydrogens (tertiary/aromatic N) is 3. The van der Waals surface area contributed by atoms with E-state index in [0.717, 1.165) is 27.6 Å². The topological polar surface area (TPSA) is 68.0 Å². The summed E-state index contributed by atoms with van der Waals surface area (Å²) in [6.07, 6.45) is 2.67. The van der Waals surface area contributed by atoms with Crippen LogP contribution in [-0.2, 0) is 13.5 Å². The second kappa shape index (κ2) is 6.46. The second-order valence-electron chi connectivity index (χ2n) is 5.72. The Balaban J connectivity index is 2.09. The summed E-state index contributed by atoms with van der Waals surface area (Å²) in [5, 5.41) is 15.8. The molecule has 0 unspecified atom stereocenters. The largest absolute Gasteiger partial charge is 0.493 e. The van der Waals surface area contributed by atoms with E-state index in [1.54, 1.807) is 29.7 Å². The van der Waals surface area contributed by atoms with E-state index in [2.05, 4.69) is 18.5 Å². The molecule has 0 radical (unpaired) electrons. The van der Waals surface area contributed by atoms with E-state index in [-0.39, 0.29) is 11.4 Å². The van der Waals surface area contributed by atoms with Gasteiger partial charge in [0.15, 0.2) is 0 Å². The van der Waals surface area contributed by atoms with Crippen molar-refractivity contribution in [3.05, 3.63) is 46.9 Å². The first-order chi connectivity index (χ1) is 12.5. The van der Waals surface area contributed by atoms with Crippen molar-refractivity contribution in [1.29, 1.82) is 0 Å². The predicted molar refractivity (Wildman–Crippen MR) is 110 cm³/mol. The van der Waals surface area contributed by atoms with Gasteiger partial charge in [-0.15, -0.1) is 22.7 Å². The van der Waals surface area contributed by atoms with Crippen molar-refractivity contribution in [1.82, 2.24) is 14.5 Å². The number of thiophene rings is 1. The van der Waals surface area contributed by atoms with Crippen LogP contribution in [0.1, 0.15) is 16.8 Å². The average molecular weight is 402 g/mol. The molecule has 4 aromatic rings. The lowest BCUT2D eigenvalue weighted by atomic mass is 10.2. The fraction of sp³-hybridized carbons (Fsp3) is 0.167. The smallest absolute Gasteiger partial charge is 0.262 e. The number of aromatic hydroxyl groups is 1. The third-order valence-corrected chi connectivity index (χ3v) is 6.79. The first kappa shape index (κ1) is 17.1. The molecule has 132 valence electrons. The first-order valence-electron chi connectivity index (χ1n) is 7.91. The molecule has 0 saturated heterocycles. The van der Waals surface area contributed by atoms with Gasteiger partial charge in [0.25, 0.3) is 5.56 Å². The minimum atomic E-state index is -0.289. The van der Waals surface area contributed by atoms with Crippen molar-refractivity contribution in [3.63, 3.8) is 0 Å². The highest BCUT2D eigenvalue weighted by molar-refractivity contribution is 7.17. The lowest BCUT2D eigenvalue weighted by Crippen LogP contribution is -2.33. The monoisotopic (exact) mass is 401 g/mol. The molecule has 4 rings (SSSR count). The van der Waals surface area contributed by atoms with Gasteiger partial charge in [0, 0.05) is 18.0 Å². The molecule has 0 aromatic carbocycles. The Morgan fingerprint density at radius 2 is 2.15 bits per heavy atom. The number of hydrogen-bond acceptors (Lipinski definition) is 7. The van der Waals surface area contributed by atoms with Crippen LogP contribution in [0.25, 0.3) is 34.1 Å². The van der Waals surface area contributed by atoms with Gasteiger partial charge in [-0.25, -0.2) is 9.97 Å². The zero-order valence-electron chi connectivity index (χ0n) is 14.1. The summed E-state index contributed by atoms with van der Waals surface area (Å²) in [7, 11) is 1.56. The van der Waals surface area contributed by atoms with Gasteiger partial charge in [0.05, 0.1) is 20.8 Å². The van der Waals surface area contributed by atoms with Crippen molar-refractivity contribution in [2.24, 2.45) is 7.05 Å². The maximum atomic E-state index is 12.8. The van der Waals surface area contributed by atoms with E-state index in [1.807, 2.05) is 22.9 Å². The number of fused-ring (bicyclic) bond motifs is 1. The summed E-state index contributed by atoms with van der Waals surface area (Å²) in [6.45, 7) is 5.91. The zero-order valence-corrected chi connectivity index (χ0v) is 16.6. The molecular formula is C18H15N3O2S3. The average Bonchev–Trinajstić information content (AvgIpc) is 3.35. The predicted octanol–water partition coefficient (Wildman–Crippen LogP) is 2.69. The number of hydrogen-bond donors (Lipinski definition) is 1. The highest BCUT2D eigenvalue weighted by Gasteiger charge is 2.15. The maximum absolute atomic E-state index is 12.8. The Morgan fingerprint density at radius 1 is 1.35 bits per heavy atom. The van der Waals surface area contributed by atoms with Gasteiger partial charge in [0.2, 0.25) is 5.88 Å². The van der Waals surface area contributed by atoms with Crippen LogP contribution >= 0.6 is 34.0 Å². The molecule has 0 spiro atoms. The zero-order chi connectivity index (χ0) is 18.4. The standard InChI is InChI=1S/C18H15N3O2S3/c1-4-13-20-14(10-5-6-24-8-10)12(26-13)7-11-15-16(25-9(2)19-15)18(23)21(3)17(11)22/h5-8,23H,2,4H2,1,3H3/b11-7-. The Hall–Kier alpha value is -2.29. The Kier molecular flexibility index (Phi) is 4.26. The molecule has 0 bridgehead atoms. The van der Waals surface area contributed by atoms with E-state index in [1.165, 1.54) is 15.9 Å². The molecule has 26 heavy (non-hydrogen) atoms. The minimum Gasteiger partial charge on any atom is -0.493 e. The molecule has 5 nitrogen and oxygen atoms in total. The minimum absolute atomic E-state index is 0.0776. The number of aryl methyl sites for hydroxylation is 1. The third-order valence-electron chi connectivity index (χ3n) is 4.05. The number of aromatic nitrogens is 3. The van der Waals surface area contributed by atoms with Gasteiger partial charge in [-0.3, -0.25) is 9.36 Å². The summed E-state index contributed by atoms with van der Waals surface area (Å²) in [5.41, 5.74) is 2.12. The highest BCUT2D eigenvalue weighted by atomic mass is 32.1. The Bertz CT molecular complexity index is 1280. The summed E-state index contributed by atoms with van der Waals surface area (Å²) < 4.78 is 2.38. The normalized spacial score (nSPS) is 12.3. The van der Waals surface area contributed by atoms with E-state index < -0.39 is 0 Å². The Labute approximate surface area is 160 Å². The molecule has 0 aliphatic heterocycles. The number of rotatable bonds is 3. The molecular weight excluding hydrogens is 386 g/mol. The van der Waals surface area contributed by atoms with Crippen molar-refractivity contribution in [2.75, 3.05) is 0 Å². The molecule has 0 amide bonds. The lowest BCUT2D eigenvalue weighted by Gasteiger charge is -2.02. The fourth-order valence-corrected chi connectivity index (χ4v) is 5.19. The summed E-state index contributed by atoms with van der Waals surface area (Å²) in [4.78, 5) is 22.8. The van der Waals surface area contributed by atoms with Crippen LogP contribution in [0.15, 0.2) is 21.6 Å². The van der Waals surface area contributed by atoms with E-state index in [9.17, 15) is 9.90 Å². The van der Waals surface area contributed by atoms with Crippen LogP contribution in [0.2, 0.25) is 0 Å². The molecule has 1 N–H and O–H groups in total. The first-order valence-corrected chi connectivity index (χ1v) is 10.5. The maximum Gasteiger partial charge on any atom is 0.262 e. The molecule has 0 aliphatic carbocycles. The van der Waals surface area contributed by atoms with Gasteiger partial charge in [-0.05, 0) is 23.9 Å². The van der Waals surface area contributed by atoms with Crippen molar-refractivity contribution in [3.8, 4) is 17.1 Å². The molecule has 4 aromatic heterocycles. The lowest BCUT2D eigenvalue weighted by molar-refractivity contribution is 0.431. The quantitative estimate of drug-likeness (QED) is 0.573. The third kappa shape index (κ3) is 2.70. The second-order valence-corrected chi connectivity index (χ2v) is 8.70. The molecule has 8 heteroatoms. The van der Waals surface area contributed by atoms with Gasteiger partial charge in [0.1, 0.15) is 14.9 Å². The van der Waals surface area contributed by atoms with E-state index >= 15 is 0 Å². The highest BCUT2D eigenvalue weighted by Crippen LogP contribution is 2.31. The van der Waals surface area contributed by atoms with Gasteiger partial charge in [-0.1, -0.05) is 13.5 Å². The Morgan fingerprint density at radius 3 is 2.85 bits per heavy atom. The van der Waals surface area contributed by atoms with Crippen LogP contribution in [-0.4, -0.2) is 19.6 Å². The molecule has 0 atom stereocenters. The van der Waals surface area contributed by atoms with Crippen LogP contribution in [0.5, 0.6) is 5.88 Å². The summed E-state index contributed by atoms with van der Waals surface area (Å²) in [6, 6.07) is 2.03. The number of pyridine rings is 1. The van der Waals surface area contributed by atoms with Crippen molar-refractivity contribution >= 4 is 56.9 Å². The number of thiazole rings is 2. The SMILES string of the molecule is C=c1nc2/c(=C/c3sc(CC)nc3-c3ccsc3)c(=O)n(C)c(O)c2s1. The van der Waals surface area contributed by atoms with Crippen LogP contribution in [0.3, 0.4) is 0 Å². The van der Waals surface area contributed by atoms with Gasteiger partial charge >= 0.3 is 0 Å². The molecule has 0 fully saturated rings. The van der Waals surface area contributed by atoms with Gasteiger partial charge < -0.3 is 5.11 Å². The molecule has 4 heterocycles. The van der Waals surface area contributed by atoms with E-state index in [4.69, 9.17) is 4.98 Å².